The lowest BCUT2D eigenvalue weighted by Crippen LogP contribution is -2.32. The zero-order valence-electron chi connectivity index (χ0n) is 20.0. The average Bonchev–Trinajstić information content (AvgIpc) is 3.24. The van der Waals surface area contributed by atoms with Crippen molar-refractivity contribution in [3.63, 3.8) is 0 Å². The Morgan fingerprint density at radius 3 is 2.45 bits per heavy atom. The lowest BCUT2D eigenvalue weighted by atomic mass is 10.1. The van der Waals surface area contributed by atoms with Crippen LogP contribution in [0.25, 0.3) is 0 Å². The Hall–Kier alpha value is -2.29. The van der Waals surface area contributed by atoms with Crippen molar-refractivity contribution < 1.29 is 28.6 Å². The normalized spacial score (nSPS) is 24.3. The molecule has 0 spiro atoms. The van der Waals surface area contributed by atoms with Crippen molar-refractivity contribution in [2.24, 2.45) is 0 Å². The number of para-hydroxylation sites is 1. The summed E-state index contributed by atoms with van der Waals surface area (Å²) in [7, 11) is 0. The first kappa shape index (κ1) is 25.3. The molecule has 1 aromatic rings. The fourth-order valence-electron chi connectivity index (χ4n) is 3.96. The van der Waals surface area contributed by atoms with E-state index in [1.807, 2.05) is 32.0 Å². The van der Waals surface area contributed by atoms with Gasteiger partial charge in [0.2, 0.25) is 6.29 Å². The molecule has 3 atom stereocenters. The highest BCUT2D eigenvalue weighted by molar-refractivity contribution is 5.84. The number of anilines is 1. The second-order valence-corrected chi connectivity index (χ2v) is 8.90. The van der Waals surface area contributed by atoms with Crippen molar-refractivity contribution >= 4 is 11.8 Å². The molecule has 8 heteroatoms. The monoisotopic (exact) mass is 462 g/mol. The second kappa shape index (κ2) is 12.8. The molecule has 0 aliphatic carbocycles. The third-order valence-electron chi connectivity index (χ3n) is 5.59. The standard InChI is InChI=1S/C25H38N2O6/c1-4-5-6-7-8-9-10-14-17-29-21-20(30-23-22(21)31-25(2,3)32-23)18-26-33-24(28)27-19-15-12-11-13-16-19/h11-13,15-16,18,21-23,26H,4-10,14,17H2,1-3H3,(H,27,28)/t21-,22+,23+/m0/s1. The van der Waals surface area contributed by atoms with Crippen molar-refractivity contribution in [3.8, 4) is 0 Å². The average molecular weight is 463 g/mol. The largest absolute Gasteiger partial charge is 0.462 e. The van der Waals surface area contributed by atoms with Crippen LogP contribution in [0.4, 0.5) is 10.5 Å². The molecule has 1 aromatic carbocycles. The predicted octanol–water partition coefficient (Wildman–Crippen LogP) is 5.61. The first-order valence-corrected chi connectivity index (χ1v) is 12.1. The maximum absolute atomic E-state index is 12.0. The van der Waals surface area contributed by atoms with Gasteiger partial charge in [-0.05, 0) is 32.4 Å². The van der Waals surface area contributed by atoms with Crippen molar-refractivity contribution in [3.05, 3.63) is 42.3 Å². The summed E-state index contributed by atoms with van der Waals surface area (Å²) in [6, 6.07) is 9.06. The maximum Gasteiger partial charge on any atom is 0.435 e. The number of carbonyl (C=O) groups excluding carboxylic acids is 1. The molecule has 0 aromatic heterocycles. The van der Waals surface area contributed by atoms with Crippen LogP contribution < -0.4 is 10.8 Å². The van der Waals surface area contributed by atoms with Gasteiger partial charge in [-0.15, -0.1) is 0 Å². The fourth-order valence-corrected chi connectivity index (χ4v) is 3.96. The maximum atomic E-state index is 12.0. The predicted molar refractivity (Wildman–Crippen MR) is 125 cm³/mol. The van der Waals surface area contributed by atoms with Crippen LogP contribution in [0.3, 0.4) is 0 Å². The second-order valence-electron chi connectivity index (χ2n) is 8.90. The Kier molecular flexibility index (Phi) is 9.84. The van der Waals surface area contributed by atoms with E-state index in [1.165, 1.54) is 44.7 Å². The molecular formula is C25H38N2O6. The third kappa shape index (κ3) is 8.21. The van der Waals surface area contributed by atoms with Crippen LogP contribution in [0, 0.1) is 0 Å². The first-order chi connectivity index (χ1) is 16.0. The SMILES string of the molecule is CCCCCCCCCCO[C@H]1C(=CNOC(=O)Nc2ccccc2)O[C@@H]2OC(C)(C)O[C@@H]21. The van der Waals surface area contributed by atoms with Crippen LogP contribution in [0.2, 0.25) is 0 Å². The Balaban J connectivity index is 1.44. The van der Waals surface area contributed by atoms with Crippen molar-refractivity contribution in [2.75, 3.05) is 11.9 Å². The Labute approximate surface area is 196 Å². The molecule has 2 aliphatic heterocycles. The van der Waals surface area contributed by atoms with Crippen LogP contribution in [0.15, 0.2) is 42.3 Å². The van der Waals surface area contributed by atoms with E-state index in [-0.39, 0.29) is 6.10 Å². The Morgan fingerprint density at radius 2 is 1.73 bits per heavy atom. The molecular weight excluding hydrogens is 424 g/mol. The molecule has 2 fully saturated rings. The molecule has 1 amide bonds. The third-order valence-corrected chi connectivity index (χ3v) is 5.59. The highest BCUT2D eigenvalue weighted by atomic mass is 16.8. The molecule has 8 nitrogen and oxygen atoms in total. The van der Waals surface area contributed by atoms with Gasteiger partial charge in [0.25, 0.3) is 0 Å². The summed E-state index contributed by atoms with van der Waals surface area (Å²) < 4.78 is 23.8. The highest BCUT2D eigenvalue weighted by Crippen LogP contribution is 2.40. The van der Waals surface area contributed by atoms with E-state index in [0.29, 0.717) is 18.1 Å². The van der Waals surface area contributed by atoms with Crippen LogP contribution >= 0.6 is 0 Å². The van der Waals surface area contributed by atoms with Crippen LogP contribution in [-0.4, -0.2) is 37.0 Å². The quantitative estimate of drug-likeness (QED) is 0.291. The molecule has 184 valence electrons. The molecule has 2 heterocycles. The number of benzene rings is 1. The molecule has 0 bridgehead atoms. The molecule has 0 unspecified atom stereocenters. The first-order valence-electron chi connectivity index (χ1n) is 12.1. The van der Waals surface area contributed by atoms with E-state index in [2.05, 4.69) is 17.7 Å². The number of nitrogens with one attached hydrogen (secondary N) is 2. The summed E-state index contributed by atoms with van der Waals surface area (Å²) in [5.74, 6) is -0.256. The van der Waals surface area contributed by atoms with Crippen molar-refractivity contribution in [2.45, 2.75) is 96.4 Å². The van der Waals surface area contributed by atoms with E-state index in [4.69, 9.17) is 23.8 Å². The van der Waals surface area contributed by atoms with Gasteiger partial charge in [-0.25, -0.2) is 10.3 Å². The summed E-state index contributed by atoms with van der Waals surface area (Å²) in [5.41, 5.74) is 3.17. The molecule has 2 aliphatic rings. The molecule has 2 N–H and O–H groups in total. The van der Waals surface area contributed by atoms with Gasteiger partial charge in [0, 0.05) is 12.3 Å². The lowest BCUT2D eigenvalue weighted by molar-refractivity contribution is -0.191. The topological polar surface area (TPSA) is 87.3 Å². The minimum absolute atomic E-state index is 0.375. The zero-order valence-corrected chi connectivity index (χ0v) is 20.0. The minimum atomic E-state index is -0.736. The van der Waals surface area contributed by atoms with Gasteiger partial charge in [-0.2, -0.15) is 0 Å². The number of hydroxylamine groups is 1. The molecule has 2 saturated heterocycles. The van der Waals surface area contributed by atoms with Gasteiger partial charge in [-0.1, -0.05) is 70.1 Å². The summed E-state index contributed by atoms with van der Waals surface area (Å²) in [6.45, 7) is 6.53. The van der Waals surface area contributed by atoms with Gasteiger partial charge >= 0.3 is 6.09 Å². The highest BCUT2D eigenvalue weighted by Gasteiger charge is 2.54. The van der Waals surface area contributed by atoms with Gasteiger partial charge in [0.15, 0.2) is 17.7 Å². The molecule has 0 saturated carbocycles. The Morgan fingerprint density at radius 1 is 1.03 bits per heavy atom. The smallest absolute Gasteiger partial charge is 0.435 e. The fraction of sp³-hybridized carbons (Fsp3) is 0.640. The van der Waals surface area contributed by atoms with E-state index >= 15 is 0 Å². The van der Waals surface area contributed by atoms with Crippen LogP contribution in [-0.2, 0) is 23.8 Å². The van der Waals surface area contributed by atoms with Gasteiger partial charge in [0.1, 0.15) is 6.10 Å². The van der Waals surface area contributed by atoms with E-state index < -0.39 is 24.3 Å². The van der Waals surface area contributed by atoms with Crippen molar-refractivity contribution in [1.82, 2.24) is 5.48 Å². The van der Waals surface area contributed by atoms with Gasteiger partial charge in [-0.3, -0.25) is 5.32 Å². The number of unbranched alkanes of at least 4 members (excludes halogenated alkanes) is 7. The van der Waals surface area contributed by atoms with Gasteiger partial charge in [0.05, 0.1) is 6.20 Å². The van der Waals surface area contributed by atoms with E-state index in [9.17, 15) is 4.79 Å². The zero-order chi connectivity index (χ0) is 23.5. The number of hydrogen-bond donors (Lipinski definition) is 2. The summed E-state index contributed by atoms with van der Waals surface area (Å²) in [4.78, 5) is 17.0. The molecule has 3 rings (SSSR count). The number of fused-ring (bicyclic) bond motifs is 1. The van der Waals surface area contributed by atoms with Gasteiger partial charge < -0.3 is 23.8 Å². The molecule has 33 heavy (non-hydrogen) atoms. The summed E-state index contributed by atoms with van der Waals surface area (Å²) in [6.07, 6.45) is 9.32. The van der Waals surface area contributed by atoms with Crippen LogP contribution in [0.1, 0.15) is 72.1 Å². The van der Waals surface area contributed by atoms with E-state index in [1.54, 1.807) is 12.1 Å². The van der Waals surface area contributed by atoms with Crippen molar-refractivity contribution in [1.29, 1.82) is 0 Å². The number of carbonyl (C=O) groups is 1. The Bertz CT molecular complexity index is 755. The van der Waals surface area contributed by atoms with Crippen LogP contribution in [0.5, 0.6) is 0 Å². The number of rotatable bonds is 13. The number of amides is 1. The summed E-state index contributed by atoms with van der Waals surface area (Å²) in [5, 5.41) is 2.62. The number of hydrogen-bond acceptors (Lipinski definition) is 7. The van der Waals surface area contributed by atoms with E-state index in [0.717, 1.165) is 12.8 Å². The number of ether oxygens (including phenoxy) is 4. The lowest BCUT2D eigenvalue weighted by Gasteiger charge is -2.22. The summed E-state index contributed by atoms with van der Waals surface area (Å²) >= 11 is 0. The molecule has 0 radical (unpaired) electrons. The minimum Gasteiger partial charge on any atom is -0.462 e.